The van der Waals surface area contributed by atoms with Gasteiger partial charge < -0.3 is 10.6 Å². The molecule has 0 aliphatic carbocycles. The molecule has 122 valence electrons. The van der Waals surface area contributed by atoms with Gasteiger partial charge in [0.15, 0.2) is 0 Å². The van der Waals surface area contributed by atoms with Crippen LogP contribution in [0.15, 0.2) is 52.6 Å². The molecule has 24 heavy (non-hydrogen) atoms. The van der Waals surface area contributed by atoms with Gasteiger partial charge in [0.1, 0.15) is 11.6 Å². The van der Waals surface area contributed by atoms with Gasteiger partial charge in [-0.15, -0.1) is 0 Å². The number of nitrogens with one attached hydrogen (secondary N) is 2. The monoisotopic (exact) mass is 423 g/mol. The van der Waals surface area contributed by atoms with E-state index in [1.165, 1.54) is 12.3 Å². The first-order valence-electron chi connectivity index (χ1n) is 6.80. The molecule has 0 aliphatic heterocycles. The van der Waals surface area contributed by atoms with Crippen LogP contribution in [0, 0.1) is 18.3 Å². The number of halogens is 3. The van der Waals surface area contributed by atoms with E-state index < -0.39 is 5.91 Å². The highest BCUT2D eigenvalue weighted by Gasteiger charge is 2.10. The van der Waals surface area contributed by atoms with E-state index in [1.54, 1.807) is 12.1 Å². The molecule has 7 heteroatoms. The Bertz CT molecular complexity index is 859. The van der Waals surface area contributed by atoms with Crippen molar-refractivity contribution >= 4 is 56.4 Å². The average molecular weight is 425 g/mol. The number of carbonyl (C=O) groups excluding carboxylic acids is 1. The molecule has 0 saturated carbocycles. The van der Waals surface area contributed by atoms with Crippen LogP contribution in [0.5, 0.6) is 0 Å². The third-order valence-corrected chi connectivity index (χ3v) is 4.43. The SMILES string of the molecule is Cc1ccc(N/C=C(/C#N)C(=O)Nc2ccc(Cl)c(Cl)c2)c(Br)c1. The summed E-state index contributed by atoms with van der Waals surface area (Å²) in [4.78, 5) is 12.2. The lowest BCUT2D eigenvalue weighted by Gasteiger charge is -2.07. The highest BCUT2D eigenvalue weighted by Crippen LogP contribution is 2.26. The fourth-order valence-electron chi connectivity index (χ4n) is 1.81. The second-order valence-electron chi connectivity index (χ2n) is 4.88. The summed E-state index contributed by atoms with van der Waals surface area (Å²) in [6.07, 6.45) is 1.35. The van der Waals surface area contributed by atoms with Gasteiger partial charge in [0.2, 0.25) is 0 Å². The highest BCUT2D eigenvalue weighted by molar-refractivity contribution is 9.10. The fraction of sp³-hybridized carbons (Fsp3) is 0.0588. The zero-order valence-electron chi connectivity index (χ0n) is 12.5. The van der Waals surface area contributed by atoms with Gasteiger partial charge in [-0.05, 0) is 58.7 Å². The van der Waals surface area contributed by atoms with Crippen LogP contribution in [0.1, 0.15) is 5.56 Å². The summed E-state index contributed by atoms with van der Waals surface area (Å²) in [5.74, 6) is -0.549. The molecule has 2 rings (SSSR count). The number of rotatable bonds is 4. The van der Waals surface area contributed by atoms with Crippen LogP contribution in [0.2, 0.25) is 10.0 Å². The van der Waals surface area contributed by atoms with Crippen molar-refractivity contribution in [3.8, 4) is 6.07 Å². The minimum atomic E-state index is -0.549. The topological polar surface area (TPSA) is 64.9 Å². The molecule has 2 aromatic carbocycles. The molecule has 0 unspecified atom stereocenters. The molecule has 0 spiro atoms. The number of benzene rings is 2. The molecule has 0 atom stereocenters. The smallest absolute Gasteiger partial charge is 0.267 e. The van der Waals surface area contributed by atoms with Gasteiger partial charge in [-0.1, -0.05) is 29.3 Å². The van der Waals surface area contributed by atoms with Crippen molar-refractivity contribution < 1.29 is 4.79 Å². The normalized spacial score (nSPS) is 10.9. The zero-order valence-corrected chi connectivity index (χ0v) is 15.6. The Kier molecular flexibility index (Phi) is 6.27. The van der Waals surface area contributed by atoms with E-state index in [1.807, 2.05) is 31.2 Å². The van der Waals surface area contributed by atoms with Crippen molar-refractivity contribution in [3.05, 3.63) is 68.3 Å². The highest BCUT2D eigenvalue weighted by atomic mass is 79.9. The van der Waals surface area contributed by atoms with E-state index in [0.29, 0.717) is 15.7 Å². The number of anilines is 2. The summed E-state index contributed by atoms with van der Waals surface area (Å²) in [5.41, 5.74) is 2.21. The van der Waals surface area contributed by atoms with Crippen molar-refractivity contribution in [2.45, 2.75) is 6.92 Å². The Morgan fingerprint density at radius 3 is 2.58 bits per heavy atom. The fourth-order valence-corrected chi connectivity index (χ4v) is 2.71. The van der Waals surface area contributed by atoms with Crippen LogP contribution in [0.3, 0.4) is 0 Å². The zero-order chi connectivity index (χ0) is 17.7. The molecule has 2 aromatic rings. The van der Waals surface area contributed by atoms with E-state index in [2.05, 4.69) is 26.6 Å². The molecule has 0 bridgehead atoms. The van der Waals surface area contributed by atoms with E-state index in [4.69, 9.17) is 23.2 Å². The van der Waals surface area contributed by atoms with Crippen molar-refractivity contribution in [1.82, 2.24) is 0 Å². The van der Waals surface area contributed by atoms with E-state index in [9.17, 15) is 10.1 Å². The summed E-state index contributed by atoms with van der Waals surface area (Å²) < 4.78 is 0.834. The number of carbonyl (C=O) groups is 1. The molecule has 1 amide bonds. The van der Waals surface area contributed by atoms with Gasteiger partial charge in [-0.2, -0.15) is 5.26 Å². The first kappa shape index (κ1) is 18.3. The number of nitriles is 1. The number of hydrogen-bond donors (Lipinski definition) is 2. The number of hydrogen-bond acceptors (Lipinski definition) is 3. The van der Waals surface area contributed by atoms with Gasteiger partial charge in [0, 0.05) is 16.4 Å². The standard InChI is InChI=1S/C17H12BrCl2N3O/c1-10-2-5-16(13(18)6-10)22-9-11(8-21)17(24)23-12-3-4-14(19)15(20)7-12/h2-7,9,22H,1H3,(H,23,24)/b11-9-. The molecular formula is C17H12BrCl2N3O. The van der Waals surface area contributed by atoms with Gasteiger partial charge in [0.25, 0.3) is 5.91 Å². The average Bonchev–Trinajstić information content (AvgIpc) is 2.53. The van der Waals surface area contributed by atoms with Crippen molar-refractivity contribution in [3.63, 3.8) is 0 Å². The molecule has 0 radical (unpaired) electrons. The number of amides is 1. The second kappa shape index (κ2) is 8.20. The van der Waals surface area contributed by atoms with E-state index in [-0.39, 0.29) is 5.57 Å². The summed E-state index contributed by atoms with van der Waals surface area (Å²) in [6.45, 7) is 1.97. The third-order valence-electron chi connectivity index (χ3n) is 3.04. The maximum absolute atomic E-state index is 12.2. The number of nitrogens with zero attached hydrogens (tertiary/aromatic N) is 1. The van der Waals surface area contributed by atoms with Gasteiger partial charge >= 0.3 is 0 Å². The second-order valence-corrected chi connectivity index (χ2v) is 6.55. The quantitative estimate of drug-likeness (QED) is 0.501. The minimum Gasteiger partial charge on any atom is -0.359 e. The van der Waals surface area contributed by atoms with Crippen LogP contribution in [0.25, 0.3) is 0 Å². The molecule has 0 fully saturated rings. The van der Waals surface area contributed by atoms with Crippen molar-refractivity contribution in [1.29, 1.82) is 5.26 Å². The molecule has 4 nitrogen and oxygen atoms in total. The van der Waals surface area contributed by atoms with Gasteiger partial charge in [-0.25, -0.2) is 0 Å². The maximum atomic E-state index is 12.2. The summed E-state index contributed by atoms with van der Waals surface area (Å²) in [6, 6.07) is 12.2. The first-order valence-corrected chi connectivity index (χ1v) is 8.35. The lowest BCUT2D eigenvalue weighted by molar-refractivity contribution is -0.112. The van der Waals surface area contributed by atoms with Gasteiger partial charge in [-0.3, -0.25) is 4.79 Å². The van der Waals surface area contributed by atoms with Gasteiger partial charge in [0.05, 0.1) is 15.7 Å². The molecular weight excluding hydrogens is 413 g/mol. The maximum Gasteiger partial charge on any atom is 0.267 e. The Morgan fingerprint density at radius 2 is 1.96 bits per heavy atom. The Labute approximate surface area is 158 Å². The lowest BCUT2D eigenvalue weighted by atomic mass is 10.2. The minimum absolute atomic E-state index is 0.0754. The first-order chi connectivity index (χ1) is 11.4. The summed E-state index contributed by atoms with van der Waals surface area (Å²) in [5, 5.41) is 15.4. The Balaban J connectivity index is 2.13. The van der Waals surface area contributed by atoms with Crippen LogP contribution in [-0.4, -0.2) is 5.91 Å². The van der Waals surface area contributed by atoms with Crippen LogP contribution in [-0.2, 0) is 4.79 Å². The van der Waals surface area contributed by atoms with Crippen LogP contribution in [0.4, 0.5) is 11.4 Å². The molecule has 0 heterocycles. The van der Waals surface area contributed by atoms with Crippen LogP contribution < -0.4 is 10.6 Å². The lowest BCUT2D eigenvalue weighted by Crippen LogP contribution is -2.14. The molecule has 0 aromatic heterocycles. The van der Waals surface area contributed by atoms with Crippen LogP contribution >= 0.6 is 39.1 Å². The molecule has 0 aliphatic rings. The predicted octanol–water partition coefficient (Wildman–Crippen LogP) is 5.52. The van der Waals surface area contributed by atoms with E-state index >= 15 is 0 Å². The largest absolute Gasteiger partial charge is 0.359 e. The third kappa shape index (κ3) is 4.75. The Morgan fingerprint density at radius 1 is 1.21 bits per heavy atom. The summed E-state index contributed by atoms with van der Waals surface area (Å²) in [7, 11) is 0. The Hall–Kier alpha value is -2.00. The summed E-state index contributed by atoms with van der Waals surface area (Å²) >= 11 is 15.2. The van der Waals surface area contributed by atoms with Crippen molar-refractivity contribution in [2.24, 2.45) is 0 Å². The molecule has 2 N–H and O–H groups in total. The predicted molar refractivity (Wildman–Crippen MR) is 101 cm³/mol. The molecule has 0 saturated heterocycles. The number of aryl methyl sites for hydroxylation is 1. The van der Waals surface area contributed by atoms with Crippen molar-refractivity contribution in [2.75, 3.05) is 10.6 Å². The van der Waals surface area contributed by atoms with E-state index in [0.717, 1.165) is 15.7 Å².